The van der Waals surface area contributed by atoms with Gasteiger partial charge in [0.05, 0.1) is 23.4 Å². The normalized spacial score (nSPS) is 12.3. The van der Waals surface area contributed by atoms with Gasteiger partial charge in [-0.15, -0.1) is 0 Å². The lowest BCUT2D eigenvalue weighted by atomic mass is 10.2. The maximum Gasteiger partial charge on any atom is 0.362 e. The molecule has 0 aliphatic heterocycles. The second-order valence-electron chi connectivity index (χ2n) is 3.95. The number of benzene rings is 1. The van der Waals surface area contributed by atoms with Crippen molar-refractivity contribution >= 4 is 28.1 Å². The molecular formula is C12H12N2O5S. The highest BCUT2D eigenvalue weighted by molar-refractivity contribution is 7.78. The molecule has 0 aliphatic rings. The smallest absolute Gasteiger partial charge is 0.362 e. The van der Waals surface area contributed by atoms with E-state index in [-0.39, 0.29) is 18.1 Å². The number of hydrogen-bond donors (Lipinski definition) is 2. The van der Waals surface area contributed by atoms with E-state index in [0.717, 1.165) is 0 Å². The minimum atomic E-state index is -1.97. The summed E-state index contributed by atoms with van der Waals surface area (Å²) in [4.78, 5) is 29.8. The SMILES string of the molecule is CCOC(=O)c1nc2ccc(CS(=O)O)cc2[nH]c1=O. The van der Waals surface area contributed by atoms with E-state index in [1.54, 1.807) is 25.1 Å². The molecule has 2 aromatic rings. The van der Waals surface area contributed by atoms with Crippen LogP contribution in [0, 0.1) is 0 Å². The Morgan fingerprint density at radius 1 is 1.50 bits per heavy atom. The second-order valence-corrected chi connectivity index (χ2v) is 4.88. The number of carbonyl (C=O) groups excluding carboxylic acids is 1. The van der Waals surface area contributed by atoms with E-state index < -0.39 is 22.6 Å². The number of H-pyrrole nitrogens is 1. The molecule has 0 saturated carbocycles. The van der Waals surface area contributed by atoms with Crippen LogP contribution >= 0.6 is 0 Å². The molecule has 8 heteroatoms. The van der Waals surface area contributed by atoms with E-state index >= 15 is 0 Å². The fourth-order valence-corrected chi connectivity index (χ4v) is 2.17. The van der Waals surface area contributed by atoms with Gasteiger partial charge in [0.2, 0.25) is 5.69 Å². The monoisotopic (exact) mass is 296 g/mol. The summed E-state index contributed by atoms with van der Waals surface area (Å²) in [5, 5.41) is 0. The lowest BCUT2D eigenvalue weighted by Gasteiger charge is -2.04. The Morgan fingerprint density at radius 3 is 2.90 bits per heavy atom. The van der Waals surface area contributed by atoms with Gasteiger partial charge in [-0.2, -0.15) is 0 Å². The molecule has 1 aromatic carbocycles. The molecule has 1 heterocycles. The highest BCUT2D eigenvalue weighted by Crippen LogP contribution is 2.12. The standard InChI is InChI=1S/C12H12N2O5S/c1-2-19-12(16)10-11(15)14-9-5-7(6-20(17)18)3-4-8(9)13-10/h3-5H,2,6H2,1H3,(H,14,15)(H,17,18). The number of carbonyl (C=O) groups is 1. The van der Waals surface area contributed by atoms with Crippen molar-refractivity contribution in [2.75, 3.05) is 6.61 Å². The van der Waals surface area contributed by atoms with E-state index in [0.29, 0.717) is 16.6 Å². The molecule has 0 fully saturated rings. The molecule has 0 aliphatic carbocycles. The van der Waals surface area contributed by atoms with E-state index in [1.807, 2.05) is 0 Å². The Kier molecular flexibility index (Phi) is 4.26. The summed E-state index contributed by atoms with van der Waals surface area (Å²) in [6, 6.07) is 4.72. The third-order valence-electron chi connectivity index (χ3n) is 2.52. The van der Waals surface area contributed by atoms with Crippen LogP contribution in [0.15, 0.2) is 23.0 Å². The van der Waals surface area contributed by atoms with E-state index in [1.165, 1.54) is 0 Å². The molecule has 0 amide bonds. The third-order valence-corrected chi connectivity index (χ3v) is 3.10. The van der Waals surface area contributed by atoms with Crippen molar-refractivity contribution in [3.63, 3.8) is 0 Å². The Bertz CT molecular complexity index is 740. The fraction of sp³-hybridized carbons (Fsp3) is 0.250. The van der Waals surface area contributed by atoms with Crippen LogP contribution in [-0.2, 0) is 21.6 Å². The molecule has 1 atom stereocenters. The Morgan fingerprint density at radius 2 is 2.25 bits per heavy atom. The zero-order valence-electron chi connectivity index (χ0n) is 10.6. The van der Waals surface area contributed by atoms with Gasteiger partial charge in [-0.25, -0.2) is 14.0 Å². The topological polar surface area (TPSA) is 109 Å². The van der Waals surface area contributed by atoms with Crippen molar-refractivity contribution in [1.29, 1.82) is 0 Å². The van der Waals surface area contributed by atoms with Gasteiger partial charge < -0.3 is 14.3 Å². The first-order valence-corrected chi connectivity index (χ1v) is 7.06. The maximum absolute atomic E-state index is 11.8. The van der Waals surface area contributed by atoms with Gasteiger partial charge in [0.25, 0.3) is 5.56 Å². The predicted octanol–water partition coefficient (Wildman–Crippen LogP) is 0.821. The number of aromatic nitrogens is 2. The highest BCUT2D eigenvalue weighted by Gasteiger charge is 2.15. The number of esters is 1. The number of ether oxygens (including phenoxy) is 1. The van der Waals surface area contributed by atoms with E-state index in [4.69, 9.17) is 9.29 Å². The van der Waals surface area contributed by atoms with Crippen molar-refractivity contribution in [3.05, 3.63) is 39.8 Å². The van der Waals surface area contributed by atoms with E-state index in [2.05, 4.69) is 9.97 Å². The molecule has 0 saturated heterocycles. The van der Waals surface area contributed by atoms with Crippen molar-refractivity contribution in [2.24, 2.45) is 0 Å². The number of rotatable bonds is 4. The minimum absolute atomic E-state index is 0.0440. The van der Waals surface area contributed by atoms with Gasteiger partial charge in [-0.05, 0) is 24.6 Å². The van der Waals surface area contributed by atoms with Crippen LogP contribution in [0.25, 0.3) is 11.0 Å². The Hall–Kier alpha value is -2.06. The summed E-state index contributed by atoms with van der Waals surface area (Å²) in [6.07, 6.45) is 0. The lowest BCUT2D eigenvalue weighted by molar-refractivity contribution is 0.0517. The molecule has 20 heavy (non-hydrogen) atoms. The molecule has 7 nitrogen and oxygen atoms in total. The van der Waals surface area contributed by atoms with Gasteiger partial charge in [0.15, 0.2) is 11.1 Å². The maximum atomic E-state index is 11.8. The summed E-state index contributed by atoms with van der Waals surface area (Å²) in [7, 11) is 0. The van der Waals surface area contributed by atoms with Crippen LogP contribution in [0.2, 0.25) is 0 Å². The summed E-state index contributed by atoms with van der Waals surface area (Å²) < 4.78 is 24.3. The largest absolute Gasteiger partial charge is 0.461 e. The number of hydrogen-bond acceptors (Lipinski definition) is 5. The summed E-state index contributed by atoms with van der Waals surface area (Å²) in [6.45, 7) is 1.79. The van der Waals surface area contributed by atoms with Crippen molar-refractivity contribution in [3.8, 4) is 0 Å². The first kappa shape index (κ1) is 14.4. The highest BCUT2D eigenvalue weighted by atomic mass is 32.2. The van der Waals surface area contributed by atoms with Crippen LogP contribution in [-0.4, -0.2) is 31.3 Å². The lowest BCUT2D eigenvalue weighted by Crippen LogP contribution is -2.22. The minimum Gasteiger partial charge on any atom is -0.461 e. The number of nitrogens with one attached hydrogen (secondary N) is 1. The molecule has 1 unspecified atom stereocenters. The average molecular weight is 296 g/mol. The number of fused-ring (bicyclic) bond motifs is 1. The predicted molar refractivity (Wildman–Crippen MR) is 72.8 cm³/mol. The molecule has 0 radical (unpaired) electrons. The molecule has 1 aromatic heterocycles. The van der Waals surface area contributed by atoms with Gasteiger partial charge in [0.1, 0.15) is 0 Å². The van der Waals surface area contributed by atoms with E-state index in [9.17, 15) is 13.8 Å². The molecule has 2 N–H and O–H groups in total. The van der Waals surface area contributed by atoms with Crippen molar-refractivity contribution in [2.45, 2.75) is 12.7 Å². The fourth-order valence-electron chi connectivity index (χ4n) is 1.70. The first-order chi connectivity index (χ1) is 9.51. The van der Waals surface area contributed by atoms with Gasteiger partial charge in [0, 0.05) is 0 Å². The van der Waals surface area contributed by atoms with Crippen LogP contribution < -0.4 is 5.56 Å². The van der Waals surface area contributed by atoms with Crippen LogP contribution in [0.5, 0.6) is 0 Å². The van der Waals surface area contributed by atoms with Crippen LogP contribution in [0.1, 0.15) is 23.0 Å². The Labute approximate surface area is 116 Å². The summed E-state index contributed by atoms with van der Waals surface area (Å²) >= 11 is -1.97. The Balaban J connectivity index is 2.48. The molecule has 0 bridgehead atoms. The number of nitrogens with zero attached hydrogens (tertiary/aromatic N) is 1. The third kappa shape index (κ3) is 3.09. The summed E-state index contributed by atoms with van der Waals surface area (Å²) in [5.41, 5.74) is 0.418. The van der Waals surface area contributed by atoms with Crippen LogP contribution in [0.3, 0.4) is 0 Å². The zero-order chi connectivity index (χ0) is 14.7. The molecule has 106 valence electrons. The zero-order valence-corrected chi connectivity index (χ0v) is 11.4. The van der Waals surface area contributed by atoms with Crippen molar-refractivity contribution in [1.82, 2.24) is 9.97 Å². The van der Waals surface area contributed by atoms with Gasteiger partial charge in [-0.3, -0.25) is 4.79 Å². The van der Waals surface area contributed by atoms with Gasteiger partial charge >= 0.3 is 5.97 Å². The summed E-state index contributed by atoms with van der Waals surface area (Å²) in [5.74, 6) is -0.825. The first-order valence-electron chi connectivity index (χ1n) is 5.78. The average Bonchev–Trinajstić information content (AvgIpc) is 2.37. The van der Waals surface area contributed by atoms with Gasteiger partial charge in [-0.1, -0.05) is 6.07 Å². The number of aromatic amines is 1. The quantitative estimate of drug-likeness (QED) is 0.638. The molecular weight excluding hydrogens is 284 g/mol. The van der Waals surface area contributed by atoms with Crippen LogP contribution in [0.4, 0.5) is 0 Å². The van der Waals surface area contributed by atoms with Crippen molar-refractivity contribution < 1.29 is 18.3 Å². The molecule has 2 rings (SSSR count). The second kappa shape index (κ2) is 5.93. The molecule has 0 spiro atoms.